The van der Waals surface area contributed by atoms with E-state index in [0.29, 0.717) is 18.2 Å². The number of nitrogens with two attached hydrogens (primary N) is 1. The van der Waals surface area contributed by atoms with E-state index in [1.54, 1.807) is 4.68 Å². The molecule has 1 fully saturated rings. The lowest BCUT2D eigenvalue weighted by atomic mass is 9.85. The van der Waals surface area contributed by atoms with Crippen LogP contribution >= 0.6 is 0 Å². The highest BCUT2D eigenvalue weighted by Gasteiger charge is 2.23. The van der Waals surface area contributed by atoms with E-state index in [2.05, 4.69) is 11.2 Å². The Kier molecular flexibility index (Phi) is 3.14. The van der Waals surface area contributed by atoms with Gasteiger partial charge in [-0.25, -0.2) is 0 Å². The highest BCUT2D eigenvalue weighted by Crippen LogP contribution is 2.35. The highest BCUT2D eigenvalue weighted by molar-refractivity contribution is 5.46. The summed E-state index contributed by atoms with van der Waals surface area (Å²) in [4.78, 5) is 0. The number of nitrogen functional groups attached to an aromatic ring is 1. The molecule has 0 atom stereocenters. The molecule has 1 aromatic heterocycles. The Morgan fingerprint density at radius 2 is 2.12 bits per heavy atom. The number of nitriles is 1. The van der Waals surface area contributed by atoms with Crippen LogP contribution in [-0.4, -0.2) is 9.78 Å². The first-order valence-corrected chi connectivity index (χ1v) is 5.92. The SMILES string of the molecule is Cn1nc(C2CCCCC2)c(CC#N)c1N. The molecule has 1 heterocycles. The molecule has 1 aliphatic carbocycles. The molecule has 0 spiro atoms. The summed E-state index contributed by atoms with van der Waals surface area (Å²) in [6.07, 6.45) is 6.63. The molecule has 0 aliphatic heterocycles. The van der Waals surface area contributed by atoms with Gasteiger partial charge in [0.25, 0.3) is 0 Å². The van der Waals surface area contributed by atoms with E-state index < -0.39 is 0 Å². The van der Waals surface area contributed by atoms with Crippen molar-refractivity contribution in [2.45, 2.75) is 44.4 Å². The summed E-state index contributed by atoms with van der Waals surface area (Å²) in [6.45, 7) is 0. The number of aromatic nitrogens is 2. The van der Waals surface area contributed by atoms with Crippen LogP contribution < -0.4 is 5.73 Å². The second-order valence-corrected chi connectivity index (χ2v) is 4.54. The normalized spacial score (nSPS) is 17.2. The Morgan fingerprint density at radius 1 is 1.44 bits per heavy atom. The zero-order valence-corrected chi connectivity index (χ0v) is 9.74. The second-order valence-electron chi connectivity index (χ2n) is 4.54. The van der Waals surface area contributed by atoms with E-state index in [1.807, 2.05) is 7.05 Å². The minimum atomic E-state index is 0.380. The number of anilines is 1. The molecule has 1 aliphatic rings. The number of rotatable bonds is 2. The lowest BCUT2D eigenvalue weighted by Gasteiger charge is -2.20. The van der Waals surface area contributed by atoms with Gasteiger partial charge in [-0.05, 0) is 12.8 Å². The van der Waals surface area contributed by atoms with Crippen LogP contribution in [0.4, 0.5) is 5.82 Å². The van der Waals surface area contributed by atoms with Crippen LogP contribution in [0.25, 0.3) is 0 Å². The van der Waals surface area contributed by atoms with Crippen LogP contribution in [0.3, 0.4) is 0 Å². The molecule has 0 unspecified atom stereocenters. The lowest BCUT2D eigenvalue weighted by molar-refractivity contribution is 0.432. The second kappa shape index (κ2) is 4.56. The van der Waals surface area contributed by atoms with Crippen molar-refractivity contribution < 1.29 is 0 Å². The van der Waals surface area contributed by atoms with Crippen molar-refractivity contribution in [1.29, 1.82) is 5.26 Å². The third kappa shape index (κ3) is 1.90. The number of nitrogens with zero attached hydrogens (tertiary/aromatic N) is 3. The lowest BCUT2D eigenvalue weighted by Crippen LogP contribution is -2.07. The van der Waals surface area contributed by atoms with E-state index in [-0.39, 0.29) is 0 Å². The minimum Gasteiger partial charge on any atom is -0.384 e. The monoisotopic (exact) mass is 218 g/mol. The Bertz CT molecular complexity index is 407. The van der Waals surface area contributed by atoms with E-state index in [9.17, 15) is 0 Å². The minimum absolute atomic E-state index is 0.380. The van der Waals surface area contributed by atoms with E-state index in [0.717, 1.165) is 11.3 Å². The fourth-order valence-corrected chi connectivity index (χ4v) is 2.57. The van der Waals surface area contributed by atoms with Crippen LogP contribution in [0.5, 0.6) is 0 Å². The number of hydrogen-bond acceptors (Lipinski definition) is 3. The number of aryl methyl sites for hydroxylation is 1. The molecule has 2 rings (SSSR count). The van der Waals surface area contributed by atoms with Gasteiger partial charge in [0.1, 0.15) is 5.82 Å². The van der Waals surface area contributed by atoms with Gasteiger partial charge in [0.2, 0.25) is 0 Å². The zero-order valence-electron chi connectivity index (χ0n) is 9.74. The summed E-state index contributed by atoms with van der Waals surface area (Å²) < 4.78 is 1.70. The van der Waals surface area contributed by atoms with E-state index in [4.69, 9.17) is 11.0 Å². The van der Waals surface area contributed by atoms with Gasteiger partial charge in [-0.2, -0.15) is 10.4 Å². The molecule has 0 saturated heterocycles. The smallest absolute Gasteiger partial charge is 0.125 e. The molecule has 2 N–H and O–H groups in total. The summed E-state index contributed by atoms with van der Waals surface area (Å²) in [7, 11) is 1.85. The zero-order chi connectivity index (χ0) is 11.5. The van der Waals surface area contributed by atoms with Gasteiger partial charge >= 0.3 is 0 Å². The third-order valence-electron chi connectivity index (χ3n) is 3.47. The van der Waals surface area contributed by atoms with Crippen LogP contribution in [0.1, 0.15) is 49.3 Å². The molecule has 0 amide bonds. The summed E-state index contributed by atoms with van der Waals surface area (Å²) >= 11 is 0. The Hall–Kier alpha value is -1.50. The van der Waals surface area contributed by atoms with Crippen molar-refractivity contribution in [1.82, 2.24) is 9.78 Å². The standard InChI is InChI=1S/C12H18N4/c1-16-12(14)10(7-8-13)11(15-16)9-5-3-2-4-6-9/h9H,2-7,14H2,1H3. The van der Waals surface area contributed by atoms with Crippen LogP contribution in [0.15, 0.2) is 0 Å². The maximum atomic E-state index is 8.83. The van der Waals surface area contributed by atoms with Crippen LogP contribution in [0, 0.1) is 11.3 Å². The Labute approximate surface area is 96.0 Å². The van der Waals surface area contributed by atoms with Crippen LogP contribution in [-0.2, 0) is 13.5 Å². The average Bonchev–Trinajstić information content (AvgIpc) is 2.59. The van der Waals surface area contributed by atoms with Crippen molar-refractivity contribution in [3.8, 4) is 6.07 Å². The first-order valence-electron chi connectivity index (χ1n) is 5.92. The Balaban J connectivity index is 2.31. The summed E-state index contributed by atoms with van der Waals surface area (Å²) in [5.41, 5.74) is 7.97. The molecule has 86 valence electrons. The van der Waals surface area contributed by atoms with Crippen molar-refractivity contribution in [2.24, 2.45) is 7.05 Å². The molecule has 1 aromatic rings. The number of hydrogen-bond donors (Lipinski definition) is 1. The fourth-order valence-electron chi connectivity index (χ4n) is 2.57. The van der Waals surface area contributed by atoms with Gasteiger partial charge < -0.3 is 5.73 Å². The van der Waals surface area contributed by atoms with Gasteiger partial charge in [-0.15, -0.1) is 0 Å². The molecule has 0 aromatic carbocycles. The molecule has 4 nitrogen and oxygen atoms in total. The first-order chi connectivity index (χ1) is 7.74. The van der Waals surface area contributed by atoms with Gasteiger partial charge in [0.05, 0.1) is 18.2 Å². The van der Waals surface area contributed by atoms with Crippen molar-refractivity contribution in [3.05, 3.63) is 11.3 Å². The first kappa shape index (κ1) is 11.0. The molecule has 1 saturated carbocycles. The topological polar surface area (TPSA) is 67.6 Å². The van der Waals surface area contributed by atoms with Crippen molar-refractivity contribution >= 4 is 5.82 Å². The summed E-state index contributed by atoms with van der Waals surface area (Å²) in [5.74, 6) is 1.17. The maximum Gasteiger partial charge on any atom is 0.125 e. The fraction of sp³-hybridized carbons (Fsp3) is 0.667. The molecule has 0 radical (unpaired) electrons. The predicted molar refractivity (Wildman–Crippen MR) is 62.8 cm³/mol. The Morgan fingerprint density at radius 3 is 2.75 bits per heavy atom. The molecule has 4 heteroatoms. The summed E-state index contributed by atoms with van der Waals surface area (Å²) in [6, 6.07) is 2.18. The third-order valence-corrected chi connectivity index (χ3v) is 3.47. The van der Waals surface area contributed by atoms with E-state index in [1.165, 1.54) is 32.1 Å². The van der Waals surface area contributed by atoms with Gasteiger partial charge in [0.15, 0.2) is 0 Å². The van der Waals surface area contributed by atoms with Gasteiger partial charge in [-0.1, -0.05) is 19.3 Å². The molecular formula is C12H18N4. The van der Waals surface area contributed by atoms with Gasteiger partial charge in [-0.3, -0.25) is 4.68 Å². The average molecular weight is 218 g/mol. The highest BCUT2D eigenvalue weighted by atomic mass is 15.3. The van der Waals surface area contributed by atoms with Crippen molar-refractivity contribution in [3.63, 3.8) is 0 Å². The summed E-state index contributed by atoms with van der Waals surface area (Å²) in [5, 5.41) is 13.3. The maximum absolute atomic E-state index is 8.83. The van der Waals surface area contributed by atoms with Crippen molar-refractivity contribution in [2.75, 3.05) is 5.73 Å². The largest absolute Gasteiger partial charge is 0.384 e. The quantitative estimate of drug-likeness (QED) is 0.826. The molecule has 16 heavy (non-hydrogen) atoms. The molecular weight excluding hydrogens is 200 g/mol. The molecule has 0 bridgehead atoms. The van der Waals surface area contributed by atoms with E-state index >= 15 is 0 Å². The van der Waals surface area contributed by atoms with Gasteiger partial charge in [0, 0.05) is 18.5 Å². The van der Waals surface area contributed by atoms with Crippen LogP contribution in [0.2, 0.25) is 0 Å². The predicted octanol–water partition coefficient (Wildman–Crippen LogP) is 2.12.